The highest BCUT2D eigenvalue weighted by atomic mass is 16.5. The number of hydrogen-bond acceptors (Lipinski definition) is 6. The quantitative estimate of drug-likeness (QED) is 0.730. The fourth-order valence-electron chi connectivity index (χ4n) is 0.947. The van der Waals surface area contributed by atoms with E-state index in [-0.39, 0.29) is 5.97 Å². The highest BCUT2D eigenvalue weighted by molar-refractivity contribution is 5.77. The van der Waals surface area contributed by atoms with Crippen LogP contribution < -0.4 is 5.32 Å². The average molecular weight is 210 g/mol. The molecule has 0 radical (unpaired) electrons. The molecule has 0 aromatic carbocycles. The van der Waals surface area contributed by atoms with Gasteiger partial charge in [-0.2, -0.15) is 5.10 Å². The minimum absolute atomic E-state index is 0.330. The number of ether oxygens (including phenoxy) is 1. The van der Waals surface area contributed by atoms with Gasteiger partial charge in [-0.25, -0.2) is 9.78 Å². The Kier molecular flexibility index (Phi) is 3.54. The van der Waals surface area contributed by atoms with Crippen molar-refractivity contribution in [3.63, 3.8) is 0 Å². The van der Waals surface area contributed by atoms with Gasteiger partial charge in [0.2, 0.25) is 5.95 Å². The lowest BCUT2D eigenvalue weighted by molar-refractivity contribution is -0.141. The second-order valence-corrected chi connectivity index (χ2v) is 3.20. The molecule has 1 atom stereocenters. The summed E-state index contributed by atoms with van der Waals surface area (Å²) in [5.74, 6) is -0.0344. The topological polar surface area (TPSA) is 77.0 Å². The third-order valence-corrected chi connectivity index (χ3v) is 1.99. The van der Waals surface area contributed by atoms with E-state index in [1.807, 2.05) is 13.8 Å². The molecule has 0 aliphatic heterocycles. The summed E-state index contributed by atoms with van der Waals surface area (Å²) in [5.41, 5.74) is 1.55. The zero-order chi connectivity index (χ0) is 11.4. The molecule has 82 valence electrons. The molecule has 1 aromatic heterocycles. The van der Waals surface area contributed by atoms with Gasteiger partial charge in [-0.05, 0) is 20.8 Å². The number of esters is 1. The van der Waals surface area contributed by atoms with Gasteiger partial charge in [0.25, 0.3) is 0 Å². The predicted molar refractivity (Wildman–Crippen MR) is 54.4 cm³/mol. The Balaban J connectivity index is 2.73. The number of rotatable bonds is 3. The van der Waals surface area contributed by atoms with Crippen LogP contribution in [0.5, 0.6) is 0 Å². The first-order chi connectivity index (χ1) is 7.04. The van der Waals surface area contributed by atoms with Gasteiger partial charge in [0.05, 0.1) is 18.5 Å². The minimum atomic E-state index is -0.487. The van der Waals surface area contributed by atoms with Crippen molar-refractivity contribution in [2.75, 3.05) is 12.4 Å². The molecule has 0 aliphatic rings. The molecule has 1 heterocycles. The van der Waals surface area contributed by atoms with Gasteiger partial charge in [0.15, 0.2) is 0 Å². The van der Waals surface area contributed by atoms with Gasteiger partial charge in [0.1, 0.15) is 6.04 Å². The maximum atomic E-state index is 11.1. The molecule has 15 heavy (non-hydrogen) atoms. The van der Waals surface area contributed by atoms with E-state index >= 15 is 0 Å². The summed E-state index contributed by atoms with van der Waals surface area (Å²) >= 11 is 0. The number of anilines is 1. The van der Waals surface area contributed by atoms with Crippen molar-refractivity contribution in [1.29, 1.82) is 0 Å². The molecular formula is C9H14N4O2. The summed E-state index contributed by atoms with van der Waals surface area (Å²) in [7, 11) is 1.33. The second-order valence-electron chi connectivity index (χ2n) is 3.20. The Morgan fingerprint density at radius 3 is 2.53 bits per heavy atom. The summed E-state index contributed by atoms with van der Waals surface area (Å²) in [6.45, 7) is 5.32. The van der Waals surface area contributed by atoms with Crippen molar-refractivity contribution in [2.45, 2.75) is 26.8 Å². The van der Waals surface area contributed by atoms with E-state index in [0.29, 0.717) is 5.95 Å². The summed E-state index contributed by atoms with van der Waals surface area (Å²) in [6.07, 6.45) is 0. The first kappa shape index (κ1) is 11.4. The molecule has 0 amide bonds. The number of aromatic nitrogens is 3. The van der Waals surface area contributed by atoms with E-state index in [1.165, 1.54) is 7.11 Å². The molecule has 0 saturated carbocycles. The van der Waals surface area contributed by atoms with E-state index in [4.69, 9.17) is 0 Å². The first-order valence-corrected chi connectivity index (χ1v) is 4.57. The minimum Gasteiger partial charge on any atom is -0.467 e. The molecule has 0 aliphatic carbocycles. The Morgan fingerprint density at radius 2 is 2.00 bits per heavy atom. The third kappa shape index (κ3) is 2.87. The van der Waals surface area contributed by atoms with Gasteiger partial charge in [-0.1, -0.05) is 0 Å². The molecule has 1 N–H and O–H groups in total. The average Bonchev–Trinajstić information content (AvgIpc) is 2.22. The lowest BCUT2D eigenvalue weighted by atomic mass is 10.3. The van der Waals surface area contributed by atoms with Crippen LogP contribution in [0.15, 0.2) is 0 Å². The lowest BCUT2D eigenvalue weighted by Gasteiger charge is -2.11. The zero-order valence-electron chi connectivity index (χ0n) is 9.24. The highest BCUT2D eigenvalue weighted by Gasteiger charge is 2.14. The molecular weight excluding hydrogens is 196 g/mol. The van der Waals surface area contributed by atoms with Crippen molar-refractivity contribution in [1.82, 2.24) is 15.2 Å². The van der Waals surface area contributed by atoms with Crippen LogP contribution in [0, 0.1) is 13.8 Å². The fourth-order valence-corrected chi connectivity index (χ4v) is 0.947. The Labute approximate surface area is 88.1 Å². The molecule has 6 nitrogen and oxygen atoms in total. The Morgan fingerprint density at radius 1 is 1.33 bits per heavy atom. The second kappa shape index (κ2) is 4.68. The van der Waals surface area contributed by atoms with E-state index in [0.717, 1.165) is 11.4 Å². The van der Waals surface area contributed by atoms with Crippen LogP contribution in [-0.2, 0) is 9.53 Å². The van der Waals surface area contributed by atoms with Crippen molar-refractivity contribution in [2.24, 2.45) is 0 Å². The summed E-state index contributed by atoms with van der Waals surface area (Å²) in [5, 5.41) is 10.5. The predicted octanol–water partition coefficient (Wildman–Crippen LogP) is 0.462. The maximum absolute atomic E-state index is 11.1. The summed E-state index contributed by atoms with van der Waals surface area (Å²) in [6, 6.07) is -0.487. The molecule has 1 rings (SSSR count). The number of hydrogen-bond donors (Lipinski definition) is 1. The van der Waals surface area contributed by atoms with E-state index < -0.39 is 6.04 Å². The van der Waals surface area contributed by atoms with Crippen molar-refractivity contribution in [3.8, 4) is 0 Å². The molecule has 1 aromatic rings. The lowest BCUT2D eigenvalue weighted by Crippen LogP contribution is -2.28. The molecule has 0 spiro atoms. The van der Waals surface area contributed by atoms with Gasteiger partial charge in [-0.3, -0.25) is 0 Å². The summed E-state index contributed by atoms with van der Waals surface area (Å²) in [4.78, 5) is 15.2. The Bertz CT molecular complexity index is 367. The Hall–Kier alpha value is -1.72. The monoisotopic (exact) mass is 210 g/mol. The SMILES string of the molecule is COC(=O)C(C)Nc1nnc(C)c(C)n1. The number of nitrogens with zero attached hydrogens (tertiary/aromatic N) is 3. The number of carbonyl (C=O) groups is 1. The number of carbonyl (C=O) groups excluding carboxylic acids is 1. The van der Waals surface area contributed by atoms with Crippen molar-refractivity contribution in [3.05, 3.63) is 11.4 Å². The van der Waals surface area contributed by atoms with E-state index in [1.54, 1.807) is 6.92 Å². The molecule has 1 unspecified atom stereocenters. The number of methoxy groups -OCH3 is 1. The zero-order valence-corrected chi connectivity index (χ0v) is 9.24. The van der Waals surface area contributed by atoms with Crippen molar-refractivity contribution >= 4 is 11.9 Å². The third-order valence-electron chi connectivity index (χ3n) is 1.99. The van der Waals surface area contributed by atoms with Crippen LogP contribution in [-0.4, -0.2) is 34.3 Å². The maximum Gasteiger partial charge on any atom is 0.328 e. The smallest absolute Gasteiger partial charge is 0.328 e. The van der Waals surface area contributed by atoms with Crippen LogP contribution in [0.2, 0.25) is 0 Å². The van der Waals surface area contributed by atoms with Crippen LogP contribution in [0.25, 0.3) is 0 Å². The molecule has 0 bridgehead atoms. The van der Waals surface area contributed by atoms with Crippen LogP contribution >= 0.6 is 0 Å². The van der Waals surface area contributed by atoms with Crippen LogP contribution in [0.3, 0.4) is 0 Å². The normalized spacial score (nSPS) is 12.0. The van der Waals surface area contributed by atoms with Gasteiger partial charge < -0.3 is 10.1 Å². The van der Waals surface area contributed by atoms with E-state index in [2.05, 4.69) is 25.2 Å². The van der Waals surface area contributed by atoms with Crippen molar-refractivity contribution < 1.29 is 9.53 Å². The molecule has 0 fully saturated rings. The molecule has 6 heteroatoms. The number of nitrogens with one attached hydrogen (secondary N) is 1. The van der Waals surface area contributed by atoms with E-state index in [9.17, 15) is 4.79 Å². The fraction of sp³-hybridized carbons (Fsp3) is 0.556. The molecule has 0 saturated heterocycles. The highest BCUT2D eigenvalue weighted by Crippen LogP contribution is 2.03. The largest absolute Gasteiger partial charge is 0.467 e. The van der Waals surface area contributed by atoms with Gasteiger partial charge in [-0.15, -0.1) is 5.10 Å². The number of aryl methyl sites for hydroxylation is 2. The standard InChI is InChI=1S/C9H14N4O2/c1-5-6(2)12-13-9(10-5)11-7(3)8(14)15-4/h7H,1-4H3,(H,10,11,13). The van der Waals surface area contributed by atoms with Crippen LogP contribution in [0.1, 0.15) is 18.3 Å². The van der Waals surface area contributed by atoms with Gasteiger partial charge >= 0.3 is 5.97 Å². The summed E-state index contributed by atoms with van der Waals surface area (Å²) < 4.78 is 4.56. The van der Waals surface area contributed by atoms with Gasteiger partial charge in [0, 0.05) is 0 Å². The van der Waals surface area contributed by atoms with Crippen LogP contribution in [0.4, 0.5) is 5.95 Å². The first-order valence-electron chi connectivity index (χ1n) is 4.57.